The predicted octanol–water partition coefficient (Wildman–Crippen LogP) is 2.86. The number of nitrogens with one attached hydrogen (secondary N) is 2. The van der Waals surface area contributed by atoms with Crippen LogP contribution in [0.2, 0.25) is 5.02 Å². The molecule has 2 aromatic rings. The van der Waals surface area contributed by atoms with Crippen molar-refractivity contribution in [2.45, 2.75) is 25.9 Å². The highest BCUT2D eigenvalue weighted by molar-refractivity contribution is 6.32. The van der Waals surface area contributed by atoms with Crippen LogP contribution in [-0.2, 0) is 14.3 Å². The summed E-state index contributed by atoms with van der Waals surface area (Å²) in [5.41, 5.74) is 5.50. The molecule has 2 aromatic carbocycles. The number of amides is 2. The van der Waals surface area contributed by atoms with E-state index in [1.165, 1.54) is 32.2 Å². The molecule has 0 aliphatic carbocycles. The standard InChI is InChI=1S/C23H25ClFN3O6/c1-14(29)33-13-22(30)26-27-23(31)18-5-4-16(12-20(18)32-2)28-9-7-17(8-10-28)34-21-11-15(25)3-6-19(21)24/h3-6,11-12,17H,7-10,13H2,1-2H3,(H,26,30)(H,27,31). The minimum atomic E-state index is -0.677. The van der Waals surface area contributed by atoms with E-state index in [4.69, 9.17) is 21.1 Å². The van der Waals surface area contributed by atoms with Crippen molar-refractivity contribution in [2.24, 2.45) is 0 Å². The van der Waals surface area contributed by atoms with Gasteiger partial charge in [0.15, 0.2) is 6.61 Å². The average molecular weight is 494 g/mol. The van der Waals surface area contributed by atoms with E-state index in [0.717, 1.165) is 5.69 Å². The zero-order valence-electron chi connectivity index (χ0n) is 18.7. The van der Waals surface area contributed by atoms with Gasteiger partial charge in [-0.2, -0.15) is 0 Å². The van der Waals surface area contributed by atoms with Gasteiger partial charge in [0.1, 0.15) is 23.4 Å². The van der Waals surface area contributed by atoms with Gasteiger partial charge in [-0.1, -0.05) is 11.6 Å². The van der Waals surface area contributed by atoms with Gasteiger partial charge in [0.25, 0.3) is 11.8 Å². The number of carbonyl (C=O) groups excluding carboxylic acids is 3. The maximum atomic E-state index is 13.5. The second kappa shape index (κ2) is 11.6. The summed E-state index contributed by atoms with van der Waals surface area (Å²) in [6.07, 6.45) is 1.30. The number of hydrogen-bond acceptors (Lipinski definition) is 7. The topological polar surface area (TPSA) is 106 Å². The molecule has 2 amide bonds. The van der Waals surface area contributed by atoms with Crippen molar-refractivity contribution in [3.05, 3.63) is 52.8 Å². The quantitative estimate of drug-likeness (QED) is 0.451. The summed E-state index contributed by atoms with van der Waals surface area (Å²) in [5, 5.41) is 0.366. The molecule has 0 atom stereocenters. The van der Waals surface area contributed by atoms with Gasteiger partial charge >= 0.3 is 5.97 Å². The van der Waals surface area contributed by atoms with Crippen molar-refractivity contribution in [3.63, 3.8) is 0 Å². The Morgan fingerprint density at radius 2 is 1.82 bits per heavy atom. The van der Waals surface area contributed by atoms with Crippen LogP contribution in [0.5, 0.6) is 11.5 Å². The first kappa shape index (κ1) is 25.1. The van der Waals surface area contributed by atoms with Crippen LogP contribution in [0, 0.1) is 5.82 Å². The van der Waals surface area contributed by atoms with Crippen molar-refractivity contribution in [1.29, 1.82) is 0 Å². The molecule has 1 aliphatic heterocycles. The largest absolute Gasteiger partial charge is 0.496 e. The molecule has 182 valence electrons. The number of anilines is 1. The molecule has 34 heavy (non-hydrogen) atoms. The molecule has 2 N–H and O–H groups in total. The number of halogens is 2. The molecule has 1 heterocycles. The summed E-state index contributed by atoms with van der Waals surface area (Å²) < 4.78 is 29.3. The van der Waals surface area contributed by atoms with Gasteiger partial charge in [-0.25, -0.2) is 4.39 Å². The zero-order chi connectivity index (χ0) is 24.7. The number of nitrogens with zero attached hydrogens (tertiary/aromatic N) is 1. The highest BCUT2D eigenvalue weighted by atomic mass is 35.5. The van der Waals surface area contributed by atoms with Crippen molar-refractivity contribution in [3.8, 4) is 11.5 Å². The van der Waals surface area contributed by atoms with Crippen LogP contribution >= 0.6 is 11.6 Å². The number of rotatable bonds is 7. The van der Waals surface area contributed by atoms with E-state index in [0.29, 0.717) is 42.5 Å². The molecule has 0 aromatic heterocycles. The maximum absolute atomic E-state index is 13.5. The van der Waals surface area contributed by atoms with Crippen LogP contribution in [0.4, 0.5) is 10.1 Å². The van der Waals surface area contributed by atoms with Crippen LogP contribution in [0.1, 0.15) is 30.1 Å². The molecule has 9 nitrogen and oxygen atoms in total. The highest BCUT2D eigenvalue weighted by Crippen LogP contribution is 2.31. The summed E-state index contributed by atoms with van der Waals surface area (Å²) in [4.78, 5) is 36.9. The first-order valence-corrected chi connectivity index (χ1v) is 10.9. The Morgan fingerprint density at radius 3 is 2.50 bits per heavy atom. The van der Waals surface area contributed by atoms with Gasteiger partial charge in [-0.05, 0) is 24.3 Å². The summed E-state index contributed by atoms with van der Waals surface area (Å²) in [7, 11) is 1.44. The fourth-order valence-corrected chi connectivity index (χ4v) is 3.60. The second-order valence-corrected chi connectivity index (χ2v) is 7.95. The van der Waals surface area contributed by atoms with Crippen molar-refractivity contribution >= 4 is 35.1 Å². The predicted molar refractivity (Wildman–Crippen MR) is 123 cm³/mol. The number of benzene rings is 2. The zero-order valence-corrected chi connectivity index (χ0v) is 19.5. The highest BCUT2D eigenvalue weighted by Gasteiger charge is 2.23. The Bertz CT molecular complexity index is 1060. The molecular weight excluding hydrogens is 469 g/mol. The van der Waals surface area contributed by atoms with Gasteiger partial charge in [-0.3, -0.25) is 25.2 Å². The molecule has 1 fully saturated rings. The Balaban J connectivity index is 1.57. The van der Waals surface area contributed by atoms with Crippen molar-refractivity contribution in [2.75, 3.05) is 31.7 Å². The van der Waals surface area contributed by atoms with Gasteiger partial charge < -0.3 is 19.1 Å². The molecule has 0 bridgehead atoms. The van der Waals surface area contributed by atoms with Gasteiger partial charge in [0.2, 0.25) is 0 Å². The van der Waals surface area contributed by atoms with Gasteiger partial charge in [0.05, 0.1) is 17.7 Å². The average Bonchev–Trinajstić information content (AvgIpc) is 2.83. The number of carbonyl (C=O) groups is 3. The van der Waals surface area contributed by atoms with Crippen LogP contribution < -0.4 is 25.2 Å². The molecule has 0 saturated carbocycles. The van der Waals surface area contributed by atoms with Gasteiger partial charge in [-0.15, -0.1) is 0 Å². The Labute approximate surface area is 201 Å². The Morgan fingerprint density at radius 1 is 1.09 bits per heavy atom. The first-order chi connectivity index (χ1) is 16.3. The number of piperidine rings is 1. The second-order valence-electron chi connectivity index (χ2n) is 7.55. The number of ether oxygens (including phenoxy) is 3. The van der Waals surface area contributed by atoms with E-state index >= 15 is 0 Å². The molecular formula is C23H25ClFN3O6. The summed E-state index contributed by atoms with van der Waals surface area (Å²) in [6, 6.07) is 9.14. The molecule has 0 unspecified atom stereocenters. The van der Waals surface area contributed by atoms with Crippen LogP contribution in [0.15, 0.2) is 36.4 Å². The lowest BCUT2D eigenvalue weighted by Crippen LogP contribution is -2.43. The van der Waals surface area contributed by atoms with Crippen LogP contribution in [0.3, 0.4) is 0 Å². The fourth-order valence-electron chi connectivity index (χ4n) is 3.44. The summed E-state index contributed by atoms with van der Waals surface area (Å²) >= 11 is 6.09. The lowest BCUT2D eigenvalue weighted by atomic mass is 10.1. The molecule has 1 aliphatic rings. The molecule has 11 heteroatoms. The summed E-state index contributed by atoms with van der Waals surface area (Å²) in [6.45, 7) is 2.03. The monoisotopic (exact) mass is 493 g/mol. The van der Waals surface area contributed by atoms with Crippen molar-refractivity contribution < 1.29 is 33.0 Å². The third kappa shape index (κ3) is 6.74. The summed E-state index contributed by atoms with van der Waals surface area (Å²) in [5.74, 6) is -1.61. The molecule has 0 radical (unpaired) electrons. The number of esters is 1. The van der Waals surface area contributed by atoms with Crippen molar-refractivity contribution in [1.82, 2.24) is 10.9 Å². The van der Waals surface area contributed by atoms with E-state index in [1.807, 2.05) is 0 Å². The van der Waals surface area contributed by atoms with E-state index in [-0.39, 0.29) is 11.7 Å². The first-order valence-electron chi connectivity index (χ1n) is 10.5. The molecule has 1 saturated heterocycles. The third-order valence-corrected chi connectivity index (χ3v) is 5.46. The molecule has 3 rings (SSSR count). The van der Waals surface area contributed by atoms with E-state index in [2.05, 4.69) is 20.5 Å². The van der Waals surface area contributed by atoms with E-state index in [1.54, 1.807) is 18.2 Å². The fraction of sp³-hybridized carbons (Fsp3) is 0.348. The molecule has 0 spiro atoms. The SMILES string of the molecule is COc1cc(N2CCC(Oc3cc(F)ccc3Cl)CC2)ccc1C(=O)NNC(=O)COC(C)=O. The minimum absolute atomic E-state index is 0.0990. The number of hydrogen-bond donors (Lipinski definition) is 2. The maximum Gasteiger partial charge on any atom is 0.303 e. The van der Waals surface area contributed by atoms with E-state index < -0.39 is 30.2 Å². The van der Waals surface area contributed by atoms with E-state index in [9.17, 15) is 18.8 Å². The third-order valence-electron chi connectivity index (χ3n) is 5.15. The van der Waals surface area contributed by atoms with Gasteiger partial charge in [0, 0.05) is 50.7 Å². The number of methoxy groups -OCH3 is 1. The van der Waals surface area contributed by atoms with Crippen LogP contribution in [0.25, 0.3) is 0 Å². The number of hydrazine groups is 1. The van der Waals surface area contributed by atoms with Crippen LogP contribution in [-0.4, -0.2) is 50.7 Å². The Kier molecular flexibility index (Phi) is 8.53. The lowest BCUT2D eigenvalue weighted by Gasteiger charge is -2.34. The minimum Gasteiger partial charge on any atom is -0.496 e. The smallest absolute Gasteiger partial charge is 0.303 e. The lowest BCUT2D eigenvalue weighted by molar-refractivity contribution is -0.146. The normalized spacial score (nSPS) is 13.7. The Hall–Kier alpha value is -3.53.